The molecule has 21 heavy (non-hydrogen) atoms. The van der Waals surface area contributed by atoms with Gasteiger partial charge in [0.15, 0.2) is 5.41 Å². The van der Waals surface area contributed by atoms with E-state index in [9.17, 15) is 10.5 Å². The molecule has 1 aromatic rings. The Morgan fingerprint density at radius 1 is 1.19 bits per heavy atom. The van der Waals surface area contributed by atoms with Crippen molar-refractivity contribution in [3.05, 3.63) is 61.2 Å². The first-order valence-electron chi connectivity index (χ1n) is 6.72. The van der Waals surface area contributed by atoms with Gasteiger partial charge in [-0.25, -0.2) is 0 Å². The lowest BCUT2D eigenvalue weighted by Crippen LogP contribution is -2.40. The minimum Gasteiger partial charge on any atom is -0.367 e. The summed E-state index contributed by atoms with van der Waals surface area (Å²) < 4.78 is 5.80. The van der Waals surface area contributed by atoms with Gasteiger partial charge in [-0.3, -0.25) is 0 Å². The fourth-order valence-corrected chi connectivity index (χ4v) is 2.19. The largest absolute Gasteiger partial charge is 0.367 e. The first-order chi connectivity index (χ1) is 9.99. The molecule has 1 unspecified atom stereocenters. The van der Waals surface area contributed by atoms with Gasteiger partial charge in [-0.1, -0.05) is 56.3 Å². The predicted octanol–water partition coefficient (Wildman–Crippen LogP) is 4.18. The number of rotatable bonds is 7. The third kappa shape index (κ3) is 3.05. The first-order valence-corrected chi connectivity index (χ1v) is 6.72. The van der Waals surface area contributed by atoms with Crippen molar-refractivity contribution in [2.75, 3.05) is 6.61 Å². The Kier molecular flexibility index (Phi) is 5.47. The van der Waals surface area contributed by atoms with Crippen LogP contribution in [0.3, 0.4) is 0 Å². The Morgan fingerprint density at radius 3 is 2.19 bits per heavy atom. The van der Waals surface area contributed by atoms with Crippen LogP contribution >= 0.6 is 0 Å². The zero-order valence-corrected chi connectivity index (χ0v) is 12.5. The third-order valence-corrected chi connectivity index (χ3v) is 3.76. The molecule has 3 heteroatoms. The second kappa shape index (κ2) is 6.88. The van der Waals surface area contributed by atoms with Gasteiger partial charge in [-0.2, -0.15) is 10.5 Å². The van der Waals surface area contributed by atoms with Crippen molar-refractivity contribution in [2.45, 2.75) is 20.0 Å². The maximum absolute atomic E-state index is 9.75. The van der Waals surface area contributed by atoms with Crippen LogP contribution < -0.4 is 0 Å². The Labute approximate surface area is 126 Å². The molecular weight excluding hydrogens is 260 g/mol. The average molecular weight is 280 g/mol. The number of ether oxygens (including phenoxy) is 1. The first kappa shape index (κ1) is 16.7. The van der Waals surface area contributed by atoms with Crippen LogP contribution in [0.15, 0.2) is 55.6 Å². The minimum absolute atomic E-state index is 0.262. The lowest BCUT2D eigenvalue weighted by Gasteiger charge is -2.39. The van der Waals surface area contributed by atoms with E-state index in [0.29, 0.717) is 0 Å². The van der Waals surface area contributed by atoms with E-state index in [-0.39, 0.29) is 6.61 Å². The number of nitriles is 2. The smallest absolute Gasteiger partial charge is 0.182 e. The van der Waals surface area contributed by atoms with Crippen molar-refractivity contribution in [3.8, 4) is 12.1 Å². The third-order valence-electron chi connectivity index (χ3n) is 3.76. The maximum atomic E-state index is 9.75. The number of hydrogen-bond acceptors (Lipinski definition) is 3. The molecule has 3 nitrogen and oxygen atoms in total. The number of nitrogens with zero attached hydrogens (tertiary/aromatic N) is 2. The summed E-state index contributed by atoms with van der Waals surface area (Å²) in [6, 6.07) is 13.7. The van der Waals surface area contributed by atoms with Crippen molar-refractivity contribution in [1.82, 2.24) is 0 Å². The molecule has 0 heterocycles. The SMILES string of the molecule is C=CCOC(c1ccccc1)C(C#N)(C#N)C(C)(C)C=C. The van der Waals surface area contributed by atoms with E-state index in [2.05, 4.69) is 25.3 Å². The highest BCUT2D eigenvalue weighted by Gasteiger charge is 2.52. The molecule has 0 aliphatic carbocycles. The quantitative estimate of drug-likeness (QED) is 0.704. The minimum atomic E-state index is -1.38. The van der Waals surface area contributed by atoms with Crippen LogP contribution in [-0.2, 0) is 4.74 Å². The highest BCUT2D eigenvalue weighted by Crippen LogP contribution is 2.50. The van der Waals surface area contributed by atoms with Crippen LogP contribution in [0.2, 0.25) is 0 Å². The molecular formula is C18H20N2O. The molecule has 0 aliphatic rings. The molecule has 0 radical (unpaired) electrons. The molecule has 0 bridgehead atoms. The molecule has 0 saturated carbocycles. The van der Waals surface area contributed by atoms with Crippen LogP contribution in [0.5, 0.6) is 0 Å². The molecule has 1 atom stereocenters. The van der Waals surface area contributed by atoms with Gasteiger partial charge in [0, 0.05) is 5.41 Å². The number of hydrogen-bond donors (Lipinski definition) is 0. The van der Waals surface area contributed by atoms with Crippen LogP contribution in [0, 0.1) is 33.5 Å². The highest BCUT2D eigenvalue weighted by molar-refractivity contribution is 5.33. The normalized spacial score (nSPS) is 12.8. The summed E-state index contributed by atoms with van der Waals surface area (Å²) in [7, 11) is 0. The van der Waals surface area contributed by atoms with E-state index in [1.165, 1.54) is 0 Å². The molecule has 1 aromatic carbocycles. The summed E-state index contributed by atoms with van der Waals surface area (Å²) >= 11 is 0. The summed E-state index contributed by atoms with van der Waals surface area (Å²) in [4.78, 5) is 0. The summed E-state index contributed by atoms with van der Waals surface area (Å²) in [6.07, 6.45) is 2.56. The lowest BCUT2D eigenvalue weighted by molar-refractivity contribution is -0.0171. The van der Waals surface area contributed by atoms with E-state index in [0.717, 1.165) is 5.56 Å². The van der Waals surface area contributed by atoms with Gasteiger partial charge >= 0.3 is 0 Å². The van der Waals surface area contributed by atoms with Crippen molar-refractivity contribution in [3.63, 3.8) is 0 Å². The summed E-state index contributed by atoms with van der Waals surface area (Å²) in [6.45, 7) is 11.3. The molecule has 0 N–H and O–H groups in total. The fourth-order valence-electron chi connectivity index (χ4n) is 2.19. The van der Waals surface area contributed by atoms with Crippen LogP contribution in [0.25, 0.3) is 0 Å². The van der Waals surface area contributed by atoms with E-state index in [1.807, 2.05) is 44.2 Å². The molecule has 0 fully saturated rings. The average Bonchev–Trinajstić information content (AvgIpc) is 2.52. The molecule has 0 amide bonds. The van der Waals surface area contributed by atoms with Crippen LogP contribution in [-0.4, -0.2) is 6.61 Å². The standard InChI is InChI=1S/C18H20N2O/c1-5-12-21-16(15-10-8-7-9-11-15)18(13-19,14-20)17(3,4)6-2/h5-11,16H,1-2,12H2,3-4H3. The zero-order chi connectivity index (χ0) is 15.9. The molecule has 108 valence electrons. The predicted molar refractivity (Wildman–Crippen MR) is 83.0 cm³/mol. The van der Waals surface area contributed by atoms with Crippen molar-refractivity contribution in [1.29, 1.82) is 10.5 Å². The van der Waals surface area contributed by atoms with Gasteiger partial charge < -0.3 is 4.74 Å². The van der Waals surface area contributed by atoms with Crippen molar-refractivity contribution < 1.29 is 4.74 Å². The Hall–Kier alpha value is -2.36. The lowest BCUT2D eigenvalue weighted by atomic mass is 9.62. The summed E-state index contributed by atoms with van der Waals surface area (Å²) in [5.41, 5.74) is -1.32. The summed E-state index contributed by atoms with van der Waals surface area (Å²) in [5.74, 6) is 0. The monoisotopic (exact) mass is 280 g/mol. The second-order valence-corrected chi connectivity index (χ2v) is 5.37. The van der Waals surface area contributed by atoms with Gasteiger partial charge in [0.1, 0.15) is 6.10 Å². The Bertz CT molecular complexity index is 561. The van der Waals surface area contributed by atoms with E-state index < -0.39 is 16.9 Å². The van der Waals surface area contributed by atoms with Gasteiger partial charge in [0.05, 0.1) is 18.7 Å². The topological polar surface area (TPSA) is 56.8 Å². The van der Waals surface area contributed by atoms with E-state index in [4.69, 9.17) is 4.74 Å². The fraction of sp³-hybridized carbons (Fsp3) is 0.333. The van der Waals surface area contributed by atoms with Crippen molar-refractivity contribution >= 4 is 0 Å². The maximum Gasteiger partial charge on any atom is 0.182 e. The van der Waals surface area contributed by atoms with Crippen LogP contribution in [0.1, 0.15) is 25.5 Å². The van der Waals surface area contributed by atoms with E-state index in [1.54, 1.807) is 12.2 Å². The molecule has 0 spiro atoms. The van der Waals surface area contributed by atoms with Crippen molar-refractivity contribution in [2.24, 2.45) is 10.8 Å². The Morgan fingerprint density at radius 2 is 1.76 bits per heavy atom. The van der Waals surface area contributed by atoms with Gasteiger partial charge in [-0.05, 0) is 5.56 Å². The molecule has 0 aromatic heterocycles. The number of benzene rings is 1. The zero-order valence-electron chi connectivity index (χ0n) is 12.5. The number of allylic oxidation sites excluding steroid dienone is 1. The summed E-state index contributed by atoms with van der Waals surface area (Å²) in [5, 5.41) is 19.5. The van der Waals surface area contributed by atoms with Gasteiger partial charge in [0.2, 0.25) is 0 Å². The second-order valence-electron chi connectivity index (χ2n) is 5.37. The van der Waals surface area contributed by atoms with Gasteiger partial charge in [-0.15, -0.1) is 13.2 Å². The van der Waals surface area contributed by atoms with Crippen LogP contribution in [0.4, 0.5) is 0 Å². The van der Waals surface area contributed by atoms with Gasteiger partial charge in [0.25, 0.3) is 0 Å². The Balaban J connectivity index is 3.47. The molecule has 1 rings (SSSR count). The highest BCUT2D eigenvalue weighted by atomic mass is 16.5. The molecule has 0 aliphatic heterocycles. The van der Waals surface area contributed by atoms with E-state index >= 15 is 0 Å². The molecule has 0 saturated heterocycles.